The Balaban J connectivity index is 1.47. The molecule has 2 heterocycles. The Morgan fingerprint density at radius 1 is 1.12 bits per heavy atom. The molecule has 0 radical (unpaired) electrons. The number of amides is 1. The van der Waals surface area contributed by atoms with Gasteiger partial charge in [-0.1, -0.05) is 53.3 Å². The first-order valence-electron chi connectivity index (χ1n) is 11.2. The van der Waals surface area contributed by atoms with Gasteiger partial charge in [0.1, 0.15) is 0 Å². The summed E-state index contributed by atoms with van der Waals surface area (Å²) >= 11 is 7.41. The van der Waals surface area contributed by atoms with Crippen LogP contribution in [0.4, 0.5) is 0 Å². The Kier molecular flexibility index (Phi) is 6.33. The SMILES string of the molecule is CCn1c(=NC(=O)C2CCCN(S(=O)(=O)c3ccc(Cl)cc3)C2)sc2c3ccccc3ccc21. The third-order valence-electron chi connectivity index (χ3n) is 6.28. The lowest BCUT2D eigenvalue weighted by Crippen LogP contribution is -2.42. The van der Waals surface area contributed by atoms with Gasteiger partial charge in [0.05, 0.1) is 21.0 Å². The molecule has 34 heavy (non-hydrogen) atoms. The van der Waals surface area contributed by atoms with Gasteiger partial charge in [-0.15, -0.1) is 0 Å². The minimum atomic E-state index is -3.70. The summed E-state index contributed by atoms with van der Waals surface area (Å²) < 4.78 is 30.8. The quantitative estimate of drug-likeness (QED) is 0.383. The van der Waals surface area contributed by atoms with Crippen LogP contribution in [0.3, 0.4) is 0 Å². The minimum Gasteiger partial charge on any atom is -0.317 e. The van der Waals surface area contributed by atoms with Crippen molar-refractivity contribution in [3.8, 4) is 0 Å². The molecule has 1 atom stereocenters. The minimum absolute atomic E-state index is 0.132. The van der Waals surface area contributed by atoms with Crippen molar-refractivity contribution in [3.63, 3.8) is 0 Å². The predicted molar refractivity (Wildman–Crippen MR) is 136 cm³/mol. The summed E-state index contributed by atoms with van der Waals surface area (Å²) in [5.41, 5.74) is 1.05. The average Bonchev–Trinajstić information content (AvgIpc) is 3.21. The third kappa shape index (κ3) is 4.20. The molecule has 0 N–H and O–H groups in total. The maximum Gasteiger partial charge on any atom is 0.252 e. The fourth-order valence-electron chi connectivity index (χ4n) is 4.49. The lowest BCUT2D eigenvalue weighted by molar-refractivity contribution is -0.122. The highest BCUT2D eigenvalue weighted by atomic mass is 35.5. The lowest BCUT2D eigenvalue weighted by atomic mass is 9.99. The molecule has 1 aliphatic rings. The number of fused-ring (bicyclic) bond motifs is 3. The summed E-state index contributed by atoms with van der Waals surface area (Å²) in [5, 5.41) is 2.76. The fraction of sp³-hybridized carbons (Fsp3) is 0.280. The molecular weight excluding hydrogens is 490 g/mol. The van der Waals surface area contributed by atoms with E-state index in [1.165, 1.54) is 27.8 Å². The summed E-state index contributed by atoms with van der Waals surface area (Å²) in [6, 6.07) is 18.5. The molecule has 1 amide bonds. The standard InChI is InChI=1S/C25H24ClN3O3S2/c1-2-29-22-14-9-17-6-3-4-8-21(17)23(22)33-25(29)27-24(30)18-7-5-15-28(16-18)34(31,32)20-12-10-19(26)11-13-20/h3-4,6,8-14,18H,2,5,7,15-16H2,1H3. The van der Waals surface area contributed by atoms with Crippen molar-refractivity contribution >= 4 is 59.9 Å². The van der Waals surface area contributed by atoms with Crippen molar-refractivity contribution in [2.24, 2.45) is 10.9 Å². The topological polar surface area (TPSA) is 71.7 Å². The van der Waals surface area contributed by atoms with Gasteiger partial charge < -0.3 is 4.57 Å². The molecular formula is C25H24ClN3O3S2. The normalized spacial score (nSPS) is 18.1. The molecule has 1 fully saturated rings. The van der Waals surface area contributed by atoms with E-state index in [1.807, 2.05) is 19.1 Å². The smallest absolute Gasteiger partial charge is 0.252 e. The van der Waals surface area contributed by atoms with Crippen LogP contribution in [0.2, 0.25) is 5.02 Å². The molecule has 1 unspecified atom stereocenters. The molecule has 1 saturated heterocycles. The van der Waals surface area contributed by atoms with Gasteiger partial charge in [0, 0.05) is 30.0 Å². The van der Waals surface area contributed by atoms with Crippen LogP contribution in [0.1, 0.15) is 19.8 Å². The van der Waals surface area contributed by atoms with E-state index < -0.39 is 15.9 Å². The van der Waals surface area contributed by atoms with E-state index >= 15 is 0 Å². The molecule has 4 aromatic rings. The molecule has 0 saturated carbocycles. The van der Waals surface area contributed by atoms with E-state index in [1.54, 1.807) is 12.1 Å². The van der Waals surface area contributed by atoms with Crippen LogP contribution in [0.25, 0.3) is 21.0 Å². The fourth-order valence-corrected chi connectivity index (χ4v) is 7.38. The van der Waals surface area contributed by atoms with Crippen molar-refractivity contribution < 1.29 is 13.2 Å². The molecule has 0 aliphatic carbocycles. The number of piperidine rings is 1. The highest BCUT2D eigenvalue weighted by Gasteiger charge is 2.33. The molecule has 176 valence electrons. The Morgan fingerprint density at radius 2 is 1.88 bits per heavy atom. The number of halogens is 1. The van der Waals surface area contributed by atoms with Gasteiger partial charge in [-0.3, -0.25) is 4.79 Å². The number of nitrogens with zero attached hydrogens (tertiary/aromatic N) is 3. The number of aromatic nitrogens is 1. The highest BCUT2D eigenvalue weighted by Crippen LogP contribution is 2.28. The van der Waals surface area contributed by atoms with Crippen LogP contribution >= 0.6 is 22.9 Å². The summed E-state index contributed by atoms with van der Waals surface area (Å²) in [7, 11) is -3.70. The van der Waals surface area contributed by atoms with Gasteiger partial charge >= 0.3 is 0 Å². The first-order valence-corrected chi connectivity index (χ1v) is 13.9. The van der Waals surface area contributed by atoms with E-state index in [0.717, 1.165) is 21.0 Å². The van der Waals surface area contributed by atoms with Crippen LogP contribution < -0.4 is 4.80 Å². The number of thiazole rings is 1. The zero-order chi connectivity index (χ0) is 23.9. The number of sulfonamides is 1. The molecule has 1 aliphatic heterocycles. The van der Waals surface area contributed by atoms with Crippen molar-refractivity contribution in [2.75, 3.05) is 13.1 Å². The summed E-state index contributed by atoms with van der Waals surface area (Å²) in [4.78, 5) is 18.6. The van der Waals surface area contributed by atoms with Crippen molar-refractivity contribution in [1.29, 1.82) is 0 Å². The maximum absolute atomic E-state index is 13.2. The number of aryl methyl sites for hydroxylation is 1. The summed E-state index contributed by atoms with van der Waals surface area (Å²) in [5.74, 6) is -0.739. The number of benzene rings is 3. The first kappa shape index (κ1) is 23.2. The van der Waals surface area contributed by atoms with E-state index in [-0.39, 0.29) is 17.3 Å². The molecule has 3 aromatic carbocycles. The second-order valence-corrected chi connectivity index (χ2v) is 11.7. The number of hydrogen-bond acceptors (Lipinski definition) is 4. The lowest BCUT2D eigenvalue weighted by Gasteiger charge is -2.30. The highest BCUT2D eigenvalue weighted by molar-refractivity contribution is 7.89. The summed E-state index contributed by atoms with van der Waals surface area (Å²) in [6.45, 7) is 3.24. The van der Waals surface area contributed by atoms with Crippen molar-refractivity contribution in [3.05, 3.63) is 70.5 Å². The molecule has 5 rings (SSSR count). The summed E-state index contributed by atoms with van der Waals surface area (Å²) in [6.07, 6.45) is 1.23. The van der Waals surface area contributed by atoms with Crippen LogP contribution in [-0.2, 0) is 21.4 Å². The molecule has 0 bridgehead atoms. The van der Waals surface area contributed by atoms with E-state index in [0.29, 0.717) is 35.8 Å². The molecule has 9 heteroatoms. The predicted octanol–water partition coefficient (Wildman–Crippen LogP) is 5.06. The average molecular weight is 514 g/mol. The number of carbonyl (C=O) groups excluding carboxylic acids is 1. The Hall–Kier alpha value is -2.52. The van der Waals surface area contributed by atoms with Gasteiger partial charge in [0.2, 0.25) is 10.0 Å². The Morgan fingerprint density at radius 3 is 2.65 bits per heavy atom. The first-order chi connectivity index (χ1) is 16.4. The van der Waals surface area contributed by atoms with Crippen molar-refractivity contribution in [2.45, 2.75) is 31.2 Å². The second-order valence-electron chi connectivity index (χ2n) is 8.37. The zero-order valence-electron chi connectivity index (χ0n) is 18.6. The number of rotatable bonds is 4. The van der Waals surface area contributed by atoms with Crippen LogP contribution in [0.15, 0.2) is 70.6 Å². The second kappa shape index (κ2) is 9.26. The molecule has 1 aromatic heterocycles. The van der Waals surface area contributed by atoms with Crippen molar-refractivity contribution in [1.82, 2.24) is 8.87 Å². The number of hydrogen-bond donors (Lipinski definition) is 0. The molecule has 6 nitrogen and oxygen atoms in total. The van der Waals surface area contributed by atoms with Gasteiger partial charge in [-0.25, -0.2) is 8.42 Å². The zero-order valence-corrected chi connectivity index (χ0v) is 21.0. The van der Waals surface area contributed by atoms with E-state index in [2.05, 4.69) is 33.8 Å². The molecule has 0 spiro atoms. The monoisotopic (exact) mass is 513 g/mol. The Bertz CT molecular complexity index is 1560. The number of carbonyl (C=O) groups is 1. The van der Waals surface area contributed by atoms with Gasteiger partial charge in [0.25, 0.3) is 5.91 Å². The van der Waals surface area contributed by atoms with E-state index in [9.17, 15) is 13.2 Å². The van der Waals surface area contributed by atoms with Gasteiger partial charge in [-0.2, -0.15) is 9.30 Å². The largest absolute Gasteiger partial charge is 0.317 e. The van der Waals surface area contributed by atoms with Crippen LogP contribution in [-0.4, -0.2) is 36.3 Å². The van der Waals surface area contributed by atoms with Crippen LogP contribution in [0, 0.1) is 5.92 Å². The van der Waals surface area contributed by atoms with E-state index in [4.69, 9.17) is 11.6 Å². The Labute approximate surface area is 207 Å². The van der Waals surface area contributed by atoms with Crippen LogP contribution in [0.5, 0.6) is 0 Å². The maximum atomic E-state index is 13.2. The van der Waals surface area contributed by atoms with Gasteiger partial charge in [-0.05, 0) is 55.5 Å². The third-order valence-corrected chi connectivity index (χ3v) is 9.54. The van der Waals surface area contributed by atoms with Gasteiger partial charge in [0.15, 0.2) is 4.80 Å².